The lowest BCUT2D eigenvalue weighted by Gasteiger charge is -2.21. The van der Waals surface area contributed by atoms with Crippen LogP contribution in [0.5, 0.6) is 0 Å². The van der Waals surface area contributed by atoms with Crippen LogP contribution in [-0.4, -0.2) is 0 Å². The van der Waals surface area contributed by atoms with Crippen LogP contribution in [0, 0.1) is 0 Å². The Morgan fingerprint density at radius 2 is 0.478 bits per heavy atom. The highest BCUT2D eigenvalue weighted by Gasteiger charge is 2.25. The quantitative estimate of drug-likeness (QED) is 0.135. The van der Waals surface area contributed by atoms with E-state index in [2.05, 4.69) is 322 Å². The summed E-state index contributed by atoms with van der Waals surface area (Å²) in [5, 5.41) is 14.1. The zero-order chi connectivity index (χ0) is 59.2. The Morgan fingerprint density at radius 3 is 0.944 bits per heavy atom. The van der Waals surface area contributed by atoms with Crippen molar-refractivity contribution in [2.75, 3.05) is 0 Å². The Kier molecular flexibility index (Phi) is 12.0. The first-order valence-electron chi connectivity index (χ1n) is 31.0. The summed E-state index contributed by atoms with van der Waals surface area (Å²) in [6, 6.07) is 120. The second kappa shape index (κ2) is 21.0. The Hall–Kier alpha value is -11.8. The second-order valence-electron chi connectivity index (χ2n) is 23.7. The molecule has 0 atom stereocenters. The van der Waals surface area contributed by atoms with Gasteiger partial charge in [0.2, 0.25) is 0 Å². The lowest BCUT2D eigenvalue weighted by atomic mass is 9.82. The molecule has 18 rings (SSSR count). The minimum Gasteiger partial charge on any atom is -0.456 e. The van der Waals surface area contributed by atoms with Crippen molar-refractivity contribution in [3.63, 3.8) is 0 Å². The summed E-state index contributed by atoms with van der Waals surface area (Å²) >= 11 is 0. The molecule has 2 heterocycles. The molecule has 0 aliphatic rings. The van der Waals surface area contributed by atoms with Gasteiger partial charge in [0.05, 0.1) is 0 Å². The molecule has 0 saturated carbocycles. The Morgan fingerprint density at radius 1 is 0.144 bits per heavy atom. The fourth-order valence-electron chi connectivity index (χ4n) is 14.7. The first-order chi connectivity index (χ1) is 44.7. The van der Waals surface area contributed by atoms with Crippen molar-refractivity contribution >= 4 is 87.0 Å². The highest BCUT2D eigenvalue weighted by atomic mass is 16.3. The first kappa shape index (κ1) is 51.4. The van der Waals surface area contributed by atoms with Gasteiger partial charge in [-0.3, -0.25) is 0 Å². The Bertz CT molecular complexity index is 5750. The summed E-state index contributed by atoms with van der Waals surface area (Å²) in [6.07, 6.45) is 0. The average molecular weight is 1140 g/mol. The summed E-state index contributed by atoms with van der Waals surface area (Å²) in [6.45, 7) is 0. The van der Waals surface area contributed by atoms with Crippen molar-refractivity contribution in [3.05, 3.63) is 328 Å². The van der Waals surface area contributed by atoms with Gasteiger partial charge in [-0.25, -0.2) is 0 Å². The molecule has 2 heteroatoms. The molecule has 0 unspecified atom stereocenters. The third kappa shape index (κ3) is 8.26. The molecule has 0 radical (unpaired) electrons. The Balaban J connectivity index is 0.719. The predicted molar refractivity (Wildman–Crippen MR) is 380 cm³/mol. The molecule has 0 spiro atoms. The van der Waals surface area contributed by atoms with Gasteiger partial charge < -0.3 is 8.83 Å². The van der Waals surface area contributed by atoms with Gasteiger partial charge in [-0.1, -0.05) is 291 Å². The van der Waals surface area contributed by atoms with Crippen LogP contribution in [0.2, 0.25) is 0 Å². The molecular formula is C88H54O2. The van der Waals surface area contributed by atoms with Crippen LogP contribution in [0.1, 0.15) is 0 Å². The SMILES string of the molecule is c1ccc(-c2cc3oc4ccccc4c3cc2-c2c3ccccc3c(-c3ccccc3-c3ccc(-c4ccc(-c5ccccc5-c5c6ccccc6c(-c6cc(-c7ccccc7)c7oc8ccccc8c7c6)c6ccccc56)cc4)cc3)c3ccccc23)cc1. The summed E-state index contributed by atoms with van der Waals surface area (Å²) in [4.78, 5) is 0. The van der Waals surface area contributed by atoms with E-state index in [4.69, 9.17) is 8.83 Å². The third-order valence-electron chi connectivity index (χ3n) is 18.7. The van der Waals surface area contributed by atoms with Crippen molar-refractivity contribution < 1.29 is 8.83 Å². The molecule has 0 aliphatic heterocycles. The molecule has 0 amide bonds. The lowest BCUT2D eigenvalue weighted by molar-refractivity contribution is 0.669. The van der Waals surface area contributed by atoms with Crippen LogP contribution in [0.25, 0.3) is 187 Å². The van der Waals surface area contributed by atoms with Crippen LogP contribution in [0.4, 0.5) is 0 Å². The van der Waals surface area contributed by atoms with Crippen molar-refractivity contribution in [3.8, 4) is 100 Å². The number of fused-ring (bicyclic) bond motifs is 10. The smallest absolute Gasteiger partial charge is 0.143 e. The average Bonchev–Trinajstić information content (AvgIpc) is 1.17. The minimum absolute atomic E-state index is 0.886. The van der Waals surface area contributed by atoms with Crippen molar-refractivity contribution in [2.45, 2.75) is 0 Å². The van der Waals surface area contributed by atoms with Crippen molar-refractivity contribution in [2.24, 2.45) is 0 Å². The zero-order valence-corrected chi connectivity index (χ0v) is 49.0. The molecule has 0 N–H and O–H groups in total. The number of hydrogen-bond donors (Lipinski definition) is 0. The summed E-state index contributed by atoms with van der Waals surface area (Å²) in [5.41, 5.74) is 24.7. The number of benzene rings is 16. The van der Waals surface area contributed by atoms with Crippen LogP contribution in [-0.2, 0) is 0 Å². The molecule has 0 aliphatic carbocycles. The van der Waals surface area contributed by atoms with E-state index in [0.29, 0.717) is 0 Å². The van der Waals surface area contributed by atoms with Crippen LogP contribution >= 0.6 is 0 Å². The van der Waals surface area contributed by atoms with Gasteiger partial charge in [0.25, 0.3) is 0 Å². The standard InChI is InChI=1S/C88H54O2/c1-3-23-57(24-4-1)76-54-83-78(64-29-19-21-41-81(64)89-83)53-79(76)87-74-39-17-15-37-72(74)86(73-38-16-18-40-75(73)87)67-32-10-8-28-63(67)60-49-45-56(46-50-60)55-43-47-59(48-44-55)62-27-7-9-31-66(62)85-70-35-13-11-33-68(70)84(69-34-12-14-36-71(69)85)61-51-77(58-25-5-2-6-26-58)88-80(52-61)65-30-20-22-42-82(65)90-88/h1-54H. The molecule has 0 fully saturated rings. The molecule has 2 aromatic heterocycles. The van der Waals surface area contributed by atoms with E-state index in [1.807, 2.05) is 6.07 Å². The number of furan rings is 2. The van der Waals surface area contributed by atoms with E-state index in [-0.39, 0.29) is 0 Å². The van der Waals surface area contributed by atoms with E-state index in [1.165, 1.54) is 104 Å². The second-order valence-corrected chi connectivity index (χ2v) is 23.7. The highest BCUT2D eigenvalue weighted by Crippen LogP contribution is 2.52. The van der Waals surface area contributed by atoms with Gasteiger partial charge in [-0.2, -0.15) is 0 Å². The number of hydrogen-bond acceptors (Lipinski definition) is 2. The fraction of sp³-hybridized carbons (Fsp3) is 0. The molecule has 2 nitrogen and oxygen atoms in total. The van der Waals surface area contributed by atoms with Crippen LogP contribution in [0.15, 0.2) is 336 Å². The fourth-order valence-corrected chi connectivity index (χ4v) is 14.7. The summed E-state index contributed by atoms with van der Waals surface area (Å²) in [7, 11) is 0. The normalized spacial score (nSPS) is 11.8. The monoisotopic (exact) mass is 1140 g/mol. The van der Waals surface area contributed by atoms with Gasteiger partial charge in [0.15, 0.2) is 0 Å². The maximum atomic E-state index is 6.66. The van der Waals surface area contributed by atoms with E-state index < -0.39 is 0 Å². The molecular weight excluding hydrogens is 1090 g/mol. The highest BCUT2D eigenvalue weighted by molar-refractivity contribution is 6.26. The third-order valence-corrected chi connectivity index (χ3v) is 18.7. The molecule has 16 aromatic carbocycles. The van der Waals surface area contributed by atoms with E-state index in [0.717, 1.165) is 82.8 Å². The number of para-hydroxylation sites is 2. The minimum atomic E-state index is 0.886. The van der Waals surface area contributed by atoms with Gasteiger partial charge >= 0.3 is 0 Å². The zero-order valence-electron chi connectivity index (χ0n) is 49.0. The maximum Gasteiger partial charge on any atom is 0.143 e. The summed E-state index contributed by atoms with van der Waals surface area (Å²) in [5.74, 6) is 0. The topological polar surface area (TPSA) is 26.3 Å². The van der Waals surface area contributed by atoms with Crippen molar-refractivity contribution in [1.29, 1.82) is 0 Å². The lowest BCUT2D eigenvalue weighted by Crippen LogP contribution is -1.94. The Labute approximate surface area is 520 Å². The van der Waals surface area contributed by atoms with Crippen molar-refractivity contribution in [1.82, 2.24) is 0 Å². The molecule has 418 valence electrons. The molecule has 90 heavy (non-hydrogen) atoms. The van der Waals surface area contributed by atoms with Gasteiger partial charge in [0.1, 0.15) is 22.3 Å². The summed E-state index contributed by atoms with van der Waals surface area (Å²) < 4.78 is 13.2. The van der Waals surface area contributed by atoms with Gasteiger partial charge in [0, 0.05) is 27.1 Å². The maximum absolute atomic E-state index is 6.66. The molecule has 0 bridgehead atoms. The first-order valence-corrected chi connectivity index (χ1v) is 31.0. The van der Waals surface area contributed by atoms with Crippen LogP contribution < -0.4 is 0 Å². The van der Waals surface area contributed by atoms with Gasteiger partial charge in [-0.05, 0) is 174 Å². The van der Waals surface area contributed by atoms with E-state index >= 15 is 0 Å². The predicted octanol–water partition coefficient (Wildman–Crippen LogP) is 25.1. The van der Waals surface area contributed by atoms with Crippen LogP contribution in [0.3, 0.4) is 0 Å². The van der Waals surface area contributed by atoms with Gasteiger partial charge in [-0.15, -0.1) is 0 Å². The van der Waals surface area contributed by atoms with E-state index in [1.54, 1.807) is 0 Å². The van der Waals surface area contributed by atoms with E-state index in [9.17, 15) is 0 Å². The molecule has 0 saturated heterocycles. The largest absolute Gasteiger partial charge is 0.456 e. The number of rotatable bonds is 9. The molecule has 18 aromatic rings.